The maximum Gasteiger partial charge on any atom is 0.294 e. The molecule has 0 amide bonds. The third-order valence-corrected chi connectivity index (χ3v) is 17.6. The summed E-state index contributed by atoms with van der Waals surface area (Å²) in [5.74, 6) is -1.53. The van der Waals surface area contributed by atoms with Gasteiger partial charge in [-0.25, -0.2) is 26.3 Å². The van der Waals surface area contributed by atoms with Crippen molar-refractivity contribution in [3.63, 3.8) is 0 Å². The lowest BCUT2D eigenvalue weighted by Gasteiger charge is -2.32. The summed E-state index contributed by atoms with van der Waals surface area (Å²) >= 11 is 0. The predicted molar refractivity (Wildman–Crippen MR) is 252 cm³/mol. The summed E-state index contributed by atoms with van der Waals surface area (Å²) in [4.78, 5) is 2.98. The van der Waals surface area contributed by atoms with E-state index >= 15 is 0 Å². The van der Waals surface area contributed by atoms with Crippen molar-refractivity contribution < 1.29 is 55.7 Å². The highest BCUT2D eigenvalue weighted by Crippen LogP contribution is 2.53. The zero-order valence-corrected chi connectivity index (χ0v) is 41.0. The number of hydrogen-bond donors (Lipinski definition) is 5. The van der Waals surface area contributed by atoms with Gasteiger partial charge in [-0.3, -0.25) is 13.7 Å². The molecule has 0 aromatic heterocycles. The number of nitrogens with zero attached hydrogens (tertiary/aromatic N) is 2. The molecule has 0 saturated heterocycles. The summed E-state index contributed by atoms with van der Waals surface area (Å²) in [5.41, 5.74) is 2.16. The fourth-order valence-corrected chi connectivity index (χ4v) is 13.5. The van der Waals surface area contributed by atoms with Crippen molar-refractivity contribution in [2.24, 2.45) is 0 Å². The van der Waals surface area contributed by atoms with Gasteiger partial charge in [-0.1, -0.05) is 90.8 Å². The first kappa shape index (κ1) is 50.4. The van der Waals surface area contributed by atoms with Crippen LogP contribution in [0.25, 0.3) is 21.5 Å². The second-order valence-electron chi connectivity index (χ2n) is 17.4. The number of unbranched alkanes of at least 4 members (excludes halogenated alkanes) is 2. The molecule has 2 aliphatic heterocycles. The molecule has 0 spiro atoms. The third-order valence-electron chi connectivity index (χ3n) is 12.1. The molecule has 1 unspecified atom stereocenters. The van der Waals surface area contributed by atoms with Gasteiger partial charge in [-0.2, -0.15) is 25.3 Å². The smallest absolute Gasteiger partial charge is 0.294 e. The fraction of sp³-hybridized carbons (Fsp3) is 0.442. The maximum absolute atomic E-state index is 13.7. The Morgan fingerprint density at radius 1 is 0.662 bits per heavy atom. The number of allylic oxidation sites excluding steroid dienone is 3. The normalized spacial score (nSPS) is 18.4. The number of rotatable bonds is 19. The molecule has 4 aromatic rings. The van der Waals surface area contributed by atoms with Crippen molar-refractivity contribution in [1.29, 1.82) is 0 Å². The Bertz CT molecular complexity index is 3170. The van der Waals surface area contributed by atoms with Gasteiger partial charge in [-0.05, 0) is 71.1 Å². The Morgan fingerprint density at radius 2 is 1.29 bits per heavy atom. The van der Waals surface area contributed by atoms with E-state index in [1.165, 1.54) is 6.07 Å². The number of fused-ring (bicyclic) bond motifs is 6. The van der Waals surface area contributed by atoms with Crippen LogP contribution in [-0.2, 0) is 61.2 Å². The zero-order chi connectivity index (χ0) is 48.1. The standard InChI is InChI=1S/C43H56N4O13S5/c1-7-9-10-23-46-34-20-18-30-32(14-11-15-36(30)63(54,55)44-8-2)40(34)42(3,4)38(46)16-12-17-39-43(5,6)41-33-27-29(65(58,59)60)28-37(64(56,57)45-22-26-62(51,52)53)31(33)19-21-35(41)47(39)24-13-25-61(48,49)50/h11-12,14-21,27-28,39,44-45H,7-10,13,22-26H2,1-6H3,(H,48,49,50)(H,51,52,53)(H,58,59,60). The van der Waals surface area contributed by atoms with E-state index in [-0.39, 0.29) is 35.2 Å². The Kier molecular flexibility index (Phi) is 14.2. The van der Waals surface area contributed by atoms with Crippen molar-refractivity contribution in [3.05, 3.63) is 89.6 Å². The van der Waals surface area contributed by atoms with Crippen LogP contribution in [0, 0.1) is 0 Å². The van der Waals surface area contributed by atoms with Gasteiger partial charge in [0, 0.05) is 64.9 Å². The topological polar surface area (TPSA) is 262 Å². The van der Waals surface area contributed by atoms with Gasteiger partial charge in [0.2, 0.25) is 20.0 Å². The monoisotopic (exact) mass is 996 g/mol. The minimum atomic E-state index is -5.03. The number of nitrogens with one attached hydrogen (secondary N) is 2. The van der Waals surface area contributed by atoms with Gasteiger partial charge in [0.05, 0.1) is 32.2 Å². The molecule has 0 aliphatic carbocycles. The molecule has 5 N–H and O–H groups in total. The van der Waals surface area contributed by atoms with Gasteiger partial charge >= 0.3 is 0 Å². The Labute approximate surface area is 382 Å². The maximum atomic E-state index is 13.7. The molecule has 2 heterocycles. The minimum absolute atomic E-state index is 0.0215. The molecule has 0 fully saturated rings. The summed E-state index contributed by atoms with van der Waals surface area (Å²) in [6.45, 7) is 11.9. The summed E-state index contributed by atoms with van der Waals surface area (Å²) in [7, 11) is -22.4. The van der Waals surface area contributed by atoms with E-state index in [4.69, 9.17) is 0 Å². The number of anilines is 2. The van der Waals surface area contributed by atoms with E-state index in [1.807, 2.05) is 55.2 Å². The second kappa shape index (κ2) is 18.3. The van der Waals surface area contributed by atoms with Crippen LogP contribution in [0.1, 0.15) is 78.4 Å². The fourth-order valence-electron chi connectivity index (χ4n) is 9.35. The van der Waals surface area contributed by atoms with Gasteiger partial charge in [0.1, 0.15) is 0 Å². The summed E-state index contributed by atoms with van der Waals surface area (Å²) in [6.07, 6.45) is 8.59. The first-order chi connectivity index (χ1) is 30.1. The van der Waals surface area contributed by atoms with E-state index in [1.54, 1.807) is 25.1 Å². The zero-order valence-electron chi connectivity index (χ0n) is 36.9. The van der Waals surface area contributed by atoms with Crippen LogP contribution < -0.4 is 19.2 Å². The second-order valence-corrected chi connectivity index (χ2v) is 25.4. The van der Waals surface area contributed by atoms with E-state index in [2.05, 4.69) is 35.1 Å². The minimum Gasteiger partial charge on any atom is -0.364 e. The van der Waals surface area contributed by atoms with Crippen molar-refractivity contribution in [2.45, 2.75) is 98.8 Å². The summed E-state index contributed by atoms with van der Waals surface area (Å²) in [5, 5.41) is 1.55. The molecule has 0 saturated carbocycles. The highest BCUT2D eigenvalue weighted by Gasteiger charge is 2.46. The van der Waals surface area contributed by atoms with Crippen molar-refractivity contribution in [1.82, 2.24) is 9.44 Å². The number of hydrogen-bond acceptors (Lipinski definition) is 12. The predicted octanol–water partition coefficient (Wildman–Crippen LogP) is 5.88. The van der Waals surface area contributed by atoms with Crippen LogP contribution in [0.2, 0.25) is 0 Å². The average molecular weight is 997 g/mol. The van der Waals surface area contributed by atoms with Gasteiger partial charge in [0.15, 0.2) is 0 Å². The first-order valence-electron chi connectivity index (χ1n) is 21.0. The number of sulfonamides is 2. The van der Waals surface area contributed by atoms with Crippen LogP contribution in [0.15, 0.2) is 93.2 Å². The SMILES string of the molecule is CCCCCN1C(=CC=CC2N(CCCS(=O)(=O)O)c3ccc4c(S(=O)(=O)NCCS(=O)(=O)O)cc(S(=O)(=O)O)cc4c3C2(C)C)C(C)(C)c2c1ccc1c(S(=O)(=O)NCC)cccc21. The van der Waals surface area contributed by atoms with Crippen LogP contribution in [0.3, 0.4) is 0 Å². The van der Waals surface area contributed by atoms with Gasteiger partial charge in [-0.15, -0.1) is 0 Å². The molecule has 0 radical (unpaired) electrons. The molecule has 2 aliphatic rings. The summed E-state index contributed by atoms with van der Waals surface area (Å²) in [6, 6.07) is 13.4. The lowest BCUT2D eigenvalue weighted by atomic mass is 9.78. The lowest BCUT2D eigenvalue weighted by Crippen LogP contribution is -2.41. The molecule has 4 aromatic carbocycles. The Balaban J connectivity index is 1.51. The van der Waals surface area contributed by atoms with E-state index in [0.29, 0.717) is 23.2 Å². The van der Waals surface area contributed by atoms with E-state index in [0.717, 1.165) is 53.7 Å². The Hall–Kier alpha value is -3.97. The van der Waals surface area contributed by atoms with Crippen molar-refractivity contribution >= 4 is 83.3 Å². The molecule has 356 valence electrons. The largest absolute Gasteiger partial charge is 0.364 e. The van der Waals surface area contributed by atoms with Crippen LogP contribution in [0.4, 0.5) is 11.4 Å². The lowest BCUT2D eigenvalue weighted by molar-refractivity contribution is 0.468. The van der Waals surface area contributed by atoms with Crippen LogP contribution in [-0.4, -0.2) is 99.5 Å². The quantitative estimate of drug-likeness (QED) is 0.0543. The number of benzene rings is 4. The molecular formula is C43H56N4O13S5. The molecule has 6 rings (SSSR count). The van der Waals surface area contributed by atoms with Gasteiger partial charge in [0.25, 0.3) is 30.4 Å². The molecule has 22 heteroatoms. The van der Waals surface area contributed by atoms with Crippen LogP contribution in [0.5, 0.6) is 0 Å². The molecule has 1 atom stereocenters. The molecule has 0 bridgehead atoms. The van der Waals surface area contributed by atoms with Crippen molar-refractivity contribution in [2.75, 3.05) is 47.5 Å². The highest BCUT2D eigenvalue weighted by atomic mass is 32.2. The summed E-state index contributed by atoms with van der Waals surface area (Å²) < 4.78 is 160. The van der Waals surface area contributed by atoms with E-state index < -0.39 is 95.1 Å². The van der Waals surface area contributed by atoms with Crippen LogP contribution >= 0.6 is 0 Å². The highest BCUT2D eigenvalue weighted by molar-refractivity contribution is 7.90. The van der Waals surface area contributed by atoms with E-state index in [9.17, 15) is 55.7 Å². The van der Waals surface area contributed by atoms with Gasteiger partial charge < -0.3 is 9.80 Å². The third kappa shape index (κ3) is 10.3. The molecule has 17 nitrogen and oxygen atoms in total. The molecule has 65 heavy (non-hydrogen) atoms. The average Bonchev–Trinajstić information content (AvgIpc) is 3.54. The van der Waals surface area contributed by atoms with Crippen molar-refractivity contribution in [3.8, 4) is 0 Å². The molecular weight excluding hydrogens is 941 g/mol. The Morgan fingerprint density at radius 3 is 1.91 bits per heavy atom. The first-order valence-corrected chi connectivity index (χ1v) is 28.7.